The summed E-state index contributed by atoms with van der Waals surface area (Å²) >= 11 is 0. The molecule has 0 saturated carbocycles. The number of hydrogen-bond acceptors (Lipinski definition) is 3. The molecule has 3 nitrogen and oxygen atoms in total. The van der Waals surface area contributed by atoms with E-state index >= 15 is 0 Å². The maximum atomic E-state index is 5.33. The number of fused-ring (bicyclic) bond motifs is 9. The van der Waals surface area contributed by atoms with E-state index in [4.69, 9.17) is 15.0 Å². The van der Waals surface area contributed by atoms with Gasteiger partial charge in [0.25, 0.3) is 0 Å². The second-order valence-electron chi connectivity index (χ2n) is 17.5. The minimum atomic E-state index is -0.451. The first-order valence-corrected chi connectivity index (χ1v) is 22.1. The van der Waals surface area contributed by atoms with Crippen molar-refractivity contribution in [3.63, 3.8) is 0 Å². The van der Waals surface area contributed by atoms with E-state index in [1.54, 1.807) is 0 Å². The Kier molecular flexibility index (Phi) is 8.74. The molecule has 64 heavy (non-hydrogen) atoms. The minimum Gasteiger partial charge on any atom is -0.208 e. The summed E-state index contributed by atoms with van der Waals surface area (Å²) in [4.78, 5) is 15.9. The number of hydrogen-bond donors (Lipinski definition) is 0. The summed E-state index contributed by atoms with van der Waals surface area (Å²) in [6.07, 6.45) is 0. The van der Waals surface area contributed by atoms with Crippen molar-refractivity contribution in [3.05, 3.63) is 258 Å². The van der Waals surface area contributed by atoms with Gasteiger partial charge in [0.05, 0.1) is 5.41 Å². The van der Waals surface area contributed by atoms with Crippen LogP contribution in [0.1, 0.15) is 47.2 Å². The van der Waals surface area contributed by atoms with Gasteiger partial charge in [0.2, 0.25) is 0 Å². The molecule has 0 saturated heterocycles. The first kappa shape index (κ1) is 37.7. The van der Waals surface area contributed by atoms with Crippen molar-refractivity contribution in [2.24, 2.45) is 0 Å². The fourth-order valence-corrected chi connectivity index (χ4v) is 10.6. The molecular weight excluding hydrogens is 775 g/mol. The van der Waals surface area contributed by atoms with Crippen molar-refractivity contribution in [1.82, 2.24) is 15.0 Å². The standard InChI is InChI=1S/C61H43N3/c1-60(2)53-33-15-16-34-54(53)61(51-31-13-11-28-48(51)49-29-12-14-32-52(49)61)55-36-35-44(39-56(55)60)47-27-9-10-30-50(47)59-63-57(45-25-17-23-42(37-45)40-19-5-3-6-20-40)62-58(64-59)46-26-18-24-43(38-46)41-21-7-4-8-22-41/h3-39H,1-2H3. The lowest BCUT2D eigenvalue weighted by Gasteiger charge is -2.46. The fraction of sp³-hybridized carbons (Fsp3) is 0.0656. The zero-order chi connectivity index (χ0) is 42.8. The Morgan fingerprint density at radius 1 is 0.250 bits per heavy atom. The van der Waals surface area contributed by atoms with Crippen molar-refractivity contribution in [2.75, 3.05) is 0 Å². The van der Waals surface area contributed by atoms with Gasteiger partial charge < -0.3 is 0 Å². The van der Waals surface area contributed by atoms with E-state index in [2.05, 4.69) is 226 Å². The van der Waals surface area contributed by atoms with Gasteiger partial charge in [-0.25, -0.2) is 15.0 Å². The Bertz CT molecular complexity index is 3270. The summed E-state index contributed by atoms with van der Waals surface area (Å²) in [6.45, 7) is 4.77. The Balaban J connectivity index is 1.06. The second kappa shape index (κ2) is 14.8. The van der Waals surface area contributed by atoms with Crippen molar-refractivity contribution in [2.45, 2.75) is 24.7 Å². The van der Waals surface area contributed by atoms with E-state index in [0.717, 1.165) is 50.1 Å². The molecule has 2 aliphatic rings. The Labute approximate surface area is 374 Å². The van der Waals surface area contributed by atoms with Crippen LogP contribution in [0.2, 0.25) is 0 Å². The summed E-state index contributed by atoms with van der Waals surface area (Å²) in [5.74, 6) is 1.88. The van der Waals surface area contributed by atoms with Gasteiger partial charge in [-0.3, -0.25) is 0 Å². The first-order valence-electron chi connectivity index (χ1n) is 22.1. The zero-order valence-corrected chi connectivity index (χ0v) is 35.7. The predicted molar refractivity (Wildman–Crippen MR) is 262 cm³/mol. The zero-order valence-electron chi connectivity index (χ0n) is 35.7. The fourth-order valence-electron chi connectivity index (χ4n) is 10.6. The monoisotopic (exact) mass is 817 g/mol. The van der Waals surface area contributed by atoms with E-state index in [1.807, 2.05) is 12.1 Å². The highest BCUT2D eigenvalue weighted by Gasteiger charge is 2.53. The van der Waals surface area contributed by atoms with E-state index < -0.39 is 5.41 Å². The summed E-state index contributed by atoms with van der Waals surface area (Å²) in [7, 11) is 0. The average Bonchev–Trinajstić information content (AvgIpc) is 3.67. The van der Waals surface area contributed by atoms with Gasteiger partial charge in [-0.05, 0) is 96.1 Å². The molecule has 302 valence electrons. The molecule has 9 aromatic carbocycles. The first-order chi connectivity index (χ1) is 31.5. The molecule has 12 rings (SSSR count). The molecule has 2 aliphatic carbocycles. The summed E-state index contributed by atoms with van der Waals surface area (Å²) < 4.78 is 0. The van der Waals surface area contributed by atoms with E-state index in [0.29, 0.717) is 17.5 Å². The van der Waals surface area contributed by atoms with Crippen LogP contribution >= 0.6 is 0 Å². The normalized spacial score (nSPS) is 13.7. The Morgan fingerprint density at radius 3 is 1.22 bits per heavy atom. The average molecular weight is 818 g/mol. The molecule has 0 N–H and O–H groups in total. The lowest BCUT2D eigenvalue weighted by Crippen LogP contribution is -2.40. The van der Waals surface area contributed by atoms with E-state index in [-0.39, 0.29) is 5.41 Å². The highest BCUT2D eigenvalue weighted by atomic mass is 15.0. The van der Waals surface area contributed by atoms with E-state index in [1.165, 1.54) is 44.5 Å². The second-order valence-corrected chi connectivity index (χ2v) is 17.5. The molecule has 0 unspecified atom stereocenters. The quantitative estimate of drug-likeness (QED) is 0.168. The van der Waals surface area contributed by atoms with Crippen molar-refractivity contribution >= 4 is 0 Å². The van der Waals surface area contributed by atoms with Gasteiger partial charge in [-0.15, -0.1) is 0 Å². The number of benzene rings is 9. The van der Waals surface area contributed by atoms with Crippen LogP contribution < -0.4 is 0 Å². The molecule has 0 radical (unpaired) electrons. The number of nitrogens with zero attached hydrogens (tertiary/aromatic N) is 3. The van der Waals surface area contributed by atoms with Crippen LogP contribution in [0.3, 0.4) is 0 Å². The van der Waals surface area contributed by atoms with Crippen LogP contribution in [0, 0.1) is 0 Å². The van der Waals surface area contributed by atoms with E-state index in [9.17, 15) is 0 Å². The van der Waals surface area contributed by atoms with Gasteiger partial charge in [0, 0.05) is 22.1 Å². The molecule has 0 fully saturated rings. The Hall–Kier alpha value is -8.01. The Morgan fingerprint density at radius 2 is 0.656 bits per heavy atom. The van der Waals surface area contributed by atoms with Gasteiger partial charge in [-0.1, -0.05) is 220 Å². The molecule has 10 aromatic rings. The molecule has 1 aromatic heterocycles. The molecule has 1 spiro atoms. The van der Waals surface area contributed by atoms with Crippen LogP contribution in [0.25, 0.3) is 78.7 Å². The predicted octanol–water partition coefficient (Wildman–Crippen LogP) is 14.9. The van der Waals surface area contributed by atoms with Crippen molar-refractivity contribution < 1.29 is 0 Å². The van der Waals surface area contributed by atoms with Crippen LogP contribution in [0.5, 0.6) is 0 Å². The highest BCUT2D eigenvalue weighted by molar-refractivity contribution is 5.90. The lowest BCUT2D eigenvalue weighted by molar-refractivity contribution is 0.563. The largest absolute Gasteiger partial charge is 0.208 e. The van der Waals surface area contributed by atoms with Gasteiger partial charge in [0.1, 0.15) is 0 Å². The maximum Gasteiger partial charge on any atom is 0.164 e. The smallest absolute Gasteiger partial charge is 0.164 e. The summed E-state index contributed by atoms with van der Waals surface area (Å²) in [6, 6.07) is 80.9. The lowest BCUT2D eigenvalue weighted by atomic mass is 9.55. The minimum absolute atomic E-state index is 0.282. The highest BCUT2D eigenvalue weighted by Crippen LogP contribution is 2.62. The molecule has 0 bridgehead atoms. The van der Waals surface area contributed by atoms with Crippen LogP contribution in [-0.4, -0.2) is 15.0 Å². The van der Waals surface area contributed by atoms with Gasteiger partial charge >= 0.3 is 0 Å². The maximum absolute atomic E-state index is 5.33. The summed E-state index contributed by atoms with van der Waals surface area (Å²) in [5.41, 5.74) is 19.4. The molecule has 0 atom stereocenters. The molecule has 0 aliphatic heterocycles. The van der Waals surface area contributed by atoms with Crippen LogP contribution in [-0.2, 0) is 10.8 Å². The SMILES string of the molecule is CC1(C)c2ccccc2C2(c3ccccc3-c3ccccc32)c2ccc(-c3ccccc3-c3nc(-c4cccc(-c5ccccc5)c4)nc(-c4cccc(-c5ccccc5)c4)n3)cc21. The van der Waals surface area contributed by atoms with Crippen molar-refractivity contribution in [3.8, 4) is 78.7 Å². The molecular formula is C61H43N3. The van der Waals surface area contributed by atoms with Gasteiger partial charge in [-0.2, -0.15) is 0 Å². The topological polar surface area (TPSA) is 38.7 Å². The van der Waals surface area contributed by atoms with Crippen LogP contribution in [0.4, 0.5) is 0 Å². The van der Waals surface area contributed by atoms with Gasteiger partial charge in [0.15, 0.2) is 17.5 Å². The molecule has 3 heteroatoms. The third kappa shape index (κ3) is 5.85. The van der Waals surface area contributed by atoms with Crippen molar-refractivity contribution in [1.29, 1.82) is 0 Å². The third-order valence-corrected chi connectivity index (χ3v) is 13.6. The molecule has 0 amide bonds. The molecule has 1 heterocycles. The summed E-state index contributed by atoms with van der Waals surface area (Å²) in [5, 5.41) is 0. The number of rotatable bonds is 6. The third-order valence-electron chi connectivity index (χ3n) is 13.6. The van der Waals surface area contributed by atoms with Crippen LogP contribution in [0.15, 0.2) is 224 Å². The number of aromatic nitrogens is 3.